The third-order valence-corrected chi connectivity index (χ3v) is 3.71. The minimum Gasteiger partial charge on any atom is -0.486 e. The zero-order chi connectivity index (χ0) is 13.9. The fourth-order valence-corrected chi connectivity index (χ4v) is 2.53. The second kappa shape index (κ2) is 5.71. The van der Waals surface area contributed by atoms with Gasteiger partial charge in [0.05, 0.1) is 6.04 Å². The predicted octanol–water partition coefficient (Wildman–Crippen LogP) is 1.37. The lowest BCUT2D eigenvalue weighted by Crippen LogP contribution is -2.31. The Balaban J connectivity index is 1.78. The first-order chi connectivity index (χ1) is 9.78. The highest BCUT2D eigenvalue weighted by Gasteiger charge is 2.33. The van der Waals surface area contributed by atoms with Gasteiger partial charge in [-0.15, -0.1) is 0 Å². The molecule has 0 radical (unpaired) electrons. The smallest absolute Gasteiger partial charge is 0.221 e. The van der Waals surface area contributed by atoms with Gasteiger partial charge in [0.1, 0.15) is 13.2 Å². The van der Waals surface area contributed by atoms with Gasteiger partial charge in [0, 0.05) is 13.0 Å². The van der Waals surface area contributed by atoms with Gasteiger partial charge in [-0.05, 0) is 36.5 Å². The van der Waals surface area contributed by atoms with Crippen molar-refractivity contribution in [2.75, 3.05) is 19.8 Å². The van der Waals surface area contributed by atoms with Crippen LogP contribution in [0.4, 0.5) is 0 Å². The van der Waals surface area contributed by atoms with E-state index in [4.69, 9.17) is 15.2 Å². The van der Waals surface area contributed by atoms with Crippen LogP contribution in [0.25, 0.3) is 0 Å². The van der Waals surface area contributed by atoms with Gasteiger partial charge in [-0.25, -0.2) is 0 Å². The van der Waals surface area contributed by atoms with Crippen LogP contribution in [-0.4, -0.2) is 25.7 Å². The molecule has 1 fully saturated rings. The summed E-state index contributed by atoms with van der Waals surface area (Å²) in [5, 5.41) is 3.09. The van der Waals surface area contributed by atoms with Crippen molar-refractivity contribution in [1.29, 1.82) is 0 Å². The Morgan fingerprint density at radius 2 is 2.05 bits per heavy atom. The van der Waals surface area contributed by atoms with Crippen LogP contribution in [0, 0.1) is 5.92 Å². The zero-order valence-electron chi connectivity index (χ0n) is 11.4. The maximum Gasteiger partial charge on any atom is 0.221 e. The molecule has 1 aromatic rings. The molecule has 20 heavy (non-hydrogen) atoms. The average Bonchev–Trinajstić information content (AvgIpc) is 3.29. The molecule has 5 heteroatoms. The van der Waals surface area contributed by atoms with Crippen molar-refractivity contribution in [2.45, 2.75) is 25.3 Å². The number of hydrogen-bond acceptors (Lipinski definition) is 4. The van der Waals surface area contributed by atoms with E-state index in [2.05, 4.69) is 5.32 Å². The lowest BCUT2D eigenvalue weighted by molar-refractivity contribution is -0.121. The van der Waals surface area contributed by atoms with Crippen LogP contribution in [0.5, 0.6) is 11.5 Å². The molecule has 1 heterocycles. The molecule has 1 aliphatic carbocycles. The quantitative estimate of drug-likeness (QED) is 0.852. The van der Waals surface area contributed by atoms with Crippen molar-refractivity contribution in [3.63, 3.8) is 0 Å². The van der Waals surface area contributed by atoms with Crippen molar-refractivity contribution in [1.82, 2.24) is 5.32 Å². The van der Waals surface area contributed by atoms with Crippen molar-refractivity contribution in [3.8, 4) is 11.5 Å². The monoisotopic (exact) mass is 276 g/mol. The molecule has 0 spiro atoms. The first-order valence-electron chi connectivity index (χ1n) is 7.17. The maximum atomic E-state index is 11.8. The fraction of sp³-hybridized carbons (Fsp3) is 0.533. The van der Waals surface area contributed by atoms with Crippen LogP contribution in [-0.2, 0) is 4.79 Å². The Morgan fingerprint density at radius 1 is 1.30 bits per heavy atom. The molecule has 1 unspecified atom stereocenters. The van der Waals surface area contributed by atoms with Crippen LogP contribution in [0.3, 0.4) is 0 Å². The summed E-state index contributed by atoms with van der Waals surface area (Å²) >= 11 is 0. The topological polar surface area (TPSA) is 73.6 Å². The van der Waals surface area contributed by atoms with E-state index in [1.54, 1.807) is 0 Å². The predicted molar refractivity (Wildman–Crippen MR) is 74.7 cm³/mol. The number of nitrogens with two attached hydrogens (primary N) is 1. The lowest BCUT2D eigenvalue weighted by atomic mass is 10.0. The Labute approximate surface area is 118 Å². The number of fused-ring (bicyclic) bond motifs is 1. The minimum absolute atomic E-state index is 0.0132. The average molecular weight is 276 g/mol. The molecule has 108 valence electrons. The highest BCUT2D eigenvalue weighted by molar-refractivity contribution is 5.76. The van der Waals surface area contributed by atoms with Gasteiger partial charge in [-0.3, -0.25) is 4.79 Å². The molecule has 0 saturated heterocycles. The van der Waals surface area contributed by atoms with Crippen LogP contribution in [0.1, 0.15) is 30.9 Å². The molecule has 3 N–H and O–H groups in total. The molecule has 1 saturated carbocycles. The van der Waals surface area contributed by atoms with E-state index in [9.17, 15) is 4.79 Å². The minimum atomic E-state index is 0.0132. The van der Waals surface area contributed by atoms with Crippen molar-refractivity contribution in [2.24, 2.45) is 11.7 Å². The van der Waals surface area contributed by atoms with Gasteiger partial charge in [-0.1, -0.05) is 6.07 Å². The number of ether oxygens (including phenoxy) is 2. The SMILES string of the molecule is NCCC(=O)NC(c1ccc2c(c1)OCCO2)C1CC1. The summed E-state index contributed by atoms with van der Waals surface area (Å²) in [4.78, 5) is 11.8. The Morgan fingerprint density at radius 3 is 2.75 bits per heavy atom. The standard InChI is InChI=1S/C15H20N2O3/c16-6-5-14(18)17-15(10-1-2-10)11-3-4-12-13(9-11)20-8-7-19-12/h3-4,9-10,15H,1-2,5-8,16H2,(H,17,18). The zero-order valence-corrected chi connectivity index (χ0v) is 11.4. The van der Waals surface area contributed by atoms with Gasteiger partial charge >= 0.3 is 0 Å². The Kier molecular flexibility index (Phi) is 3.78. The highest BCUT2D eigenvalue weighted by Crippen LogP contribution is 2.43. The summed E-state index contributed by atoms with van der Waals surface area (Å²) in [5.74, 6) is 2.09. The van der Waals surface area contributed by atoms with Crippen LogP contribution in [0.2, 0.25) is 0 Å². The number of amides is 1. The third kappa shape index (κ3) is 2.88. The first kappa shape index (κ1) is 13.2. The summed E-state index contributed by atoms with van der Waals surface area (Å²) in [5.41, 5.74) is 6.51. The first-order valence-corrected chi connectivity index (χ1v) is 7.17. The van der Waals surface area contributed by atoms with Gasteiger partial charge in [0.15, 0.2) is 11.5 Å². The maximum absolute atomic E-state index is 11.8. The molecule has 2 aliphatic rings. The third-order valence-electron chi connectivity index (χ3n) is 3.71. The lowest BCUT2D eigenvalue weighted by Gasteiger charge is -2.23. The van der Waals surface area contributed by atoms with Gasteiger partial charge in [-0.2, -0.15) is 0 Å². The summed E-state index contributed by atoms with van der Waals surface area (Å²) in [7, 11) is 0. The van der Waals surface area contributed by atoms with E-state index in [0.29, 0.717) is 32.1 Å². The molecule has 1 aromatic carbocycles. The van der Waals surface area contributed by atoms with Gasteiger partial charge < -0.3 is 20.5 Å². The second-order valence-corrected chi connectivity index (χ2v) is 5.32. The molecule has 1 amide bonds. The summed E-state index contributed by atoms with van der Waals surface area (Å²) in [6.07, 6.45) is 2.68. The number of nitrogens with one attached hydrogen (secondary N) is 1. The van der Waals surface area contributed by atoms with Gasteiger partial charge in [0.2, 0.25) is 5.91 Å². The van der Waals surface area contributed by atoms with Crippen molar-refractivity contribution >= 4 is 5.91 Å². The van der Waals surface area contributed by atoms with E-state index in [1.165, 1.54) is 0 Å². The van der Waals surface area contributed by atoms with Crippen molar-refractivity contribution < 1.29 is 14.3 Å². The van der Waals surface area contributed by atoms with E-state index in [-0.39, 0.29) is 11.9 Å². The molecular formula is C15H20N2O3. The molecule has 1 aliphatic heterocycles. The van der Waals surface area contributed by atoms with E-state index in [1.807, 2.05) is 18.2 Å². The largest absolute Gasteiger partial charge is 0.486 e. The molecule has 3 rings (SSSR count). The molecule has 1 atom stereocenters. The molecule has 0 aromatic heterocycles. The molecular weight excluding hydrogens is 256 g/mol. The summed E-state index contributed by atoms with van der Waals surface area (Å²) < 4.78 is 11.1. The molecule has 5 nitrogen and oxygen atoms in total. The number of rotatable bonds is 5. The van der Waals surface area contributed by atoms with Gasteiger partial charge in [0.25, 0.3) is 0 Å². The van der Waals surface area contributed by atoms with Crippen LogP contribution < -0.4 is 20.5 Å². The summed E-state index contributed by atoms with van der Waals surface area (Å²) in [6, 6.07) is 5.98. The number of benzene rings is 1. The second-order valence-electron chi connectivity index (χ2n) is 5.32. The van der Waals surface area contributed by atoms with E-state index in [0.717, 1.165) is 29.9 Å². The fourth-order valence-electron chi connectivity index (χ4n) is 2.53. The Hall–Kier alpha value is -1.75. The molecule has 0 bridgehead atoms. The number of hydrogen-bond donors (Lipinski definition) is 2. The van der Waals surface area contributed by atoms with E-state index < -0.39 is 0 Å². The summed E-state index contributed by atoms with van der Waals surface area (Å²) in [6.45, 7) is 1.54. The highest BCUT2D eigenvalue weighted by atomic mass is 16.6. The normalized spacial score (nSPS) is 18.4. The number of carbonyl (C=O) groups is 1. The number of carbonyl (C=O) groups excluding carboxylic acids is 1. The van der Waals surface area contributed by atoms with E-state index >= 15 is 0 Å². The van der Waals surface area contributed by atoms with Crippen LogP contribution in [0.15, 0.2) is 18.2 Å². The van der Waals surface area contributed by atoms with Crippen LogP contribution >= 0.6 is 0 Å². The Bertz CT molecular complexity index is 500. The van der Waals surface area contributed by atoms with Crippen molar-refractivity contribution in [3.05, 3.63) is 23.8 Å².